The number of anilines is 1. The molecule has 0 fully saturated rings. The highest BCUT2D eigenvalue weighted by molar-refractivity contribution is 6.60. The maximum absolute atomic E-state index is 4.70. The van der Waals surface area contributed by atoms with Crippen molar-refractivity contribution in [1.29, 1.82) is 0 Å². The van der Waals surface area contributed by atoms with Gasteiger partial charge in [0.15, 0.2) is 0 Å². The molecule has 3 heteroatoms. The van der Waals surface area contributed by atoms with Gasteiger partial charge in [-0.1, -0.05) is 79.8 Å². The van der Waals surface area contributed by atoms with Gasteiger partial charge in [0.2, 0.25) is 0 Å². The van der Waals surface area contributed by atoms with E-state index >= 15 is 0 Å². The zero-order valence-electron chi connectivity index (χ0n) is 16.4. The number of rotatable bonds is 7. The Kier molecular flexibility index (Phi) is 6.87. The summed E-state index contributed by atoms with van der Waals surface area (Å²) in [5, 5.41) is 1.09. The number of hydrogen-bond acceptors (Lipinski definition) is 2. The zero-order chi connectivity index (χ0) is 19.1. The molecule has 0 amide bonds. The normalized spacial score (nSPS) is 11.1. The zero-order valence-corrected chi connectivity index (χ0v) is 17.5. The lowest BCUT2D eigenvalue weighted by atomic mass is 10.0. The number of aliphatic imine (C=N–C) groups is 1. The summed E-state index contributed by atoms with van der Waals surface area (Å²) in [7, 11) is 0. The molecular formula is C24H27AlN2. The van der Waals surface area contributed by atoms with Crippen molar-refractivity contribution < 1.29 is 0 Å². The molecule has 0 aliphatic carbocycles. The lowest BCUT2D eigenvalue weighted by molar-refractivity contribution is 0.867. The summed E-state index contributed by atoms with van der Waals surface area (Å²) in [6, 6.07) is 27.6. The Morgan fingerprint density at radius 3 is 2.26 bits per heavy atom. The Bertz CT molecular complexity index is 870. The number of nitrogens with zero attached hydrogens (tertiary/aromatic N) is 1. The molecule has 0 unspecified atom stereocenters. The molecule has 2 nitrogen and oxygen atoms in total. The van der Waals surface area contributed by atoms with Crippen molar-refractivity contribution in [2.45, 2.75) is 30.8 Å². The van der Waals surface area contributed by atoms with Crippen molar-refractivity contribution in [3.63, 3.8) is 0 Å². The second-order valence-electron chi connectivity index (χ2n) is 7.32. The Hall–Kier alpha value is -2.34. The number of benzene rings is 3. The third-order valence-corrected chi connectivity index (χ3v) is 6.56. The predicted molar refractivity (Wildman–Crippen MR) is 120 cm³/mol. The fourth-order valence-corrected chi connectivity index (χ4v) is 5.03. The van der Waals surface area contributed by atoms with Gasteiger partial charge in [0.1, 0.15) is 0 Å². The van der Waals surface area contributed by atoms with E-state index in [1.54, 1.807) is 0 Å². The van der Waals surface area contributed by atoms with E-state index < -0.39 is 14.4 Å². The molecular weight excluding hydrogens is 343 g/mol. The van der Waals surface area contributed by atoms with Crippen LogP contribution in [-0.4, -0.2) is 20.6 Å². The molecule has 0 spiro atoms. The summed E-state index contributed by atoms with van der Waals surface area (Å²) in [6.45, 7) is 4.42. The summed E-state index contributed by atoms with van der Waals surface area (Å²) >= 11 is -1.11. The van der Waals surface area contributed by atoms with E-state index in [-0.39, 0.29) is 0 Å². The van der Waals surface area contributed by atoms with Crippen LogP contribution >= 0.6 is 0 Å². The van der Waals surface area contributed by atoms with Gasteiger partial charge in [-0.3, -0.25) is 4.99 Å². The van der Waals surface area contributed by atoms with Crippen molar-refractivity contribution in [3.05, 3.63) is 95.6 Å². The van der Waals surface area contributed by atoms with E-state index in [9.17, 15) is 0 Å². The summed E-state index contributed by atoms with van der Waals surface area (Å²) in [5.74, 6) is 2.90. The van der Waals surface area contributed by atoms with Crippen LogP contribution in [0.1, 0.15) is 36.5 Å². The highest BCUT2D eigenvalue weighted by atomic mass is 27.2. The quantitative estimate of drug-likeness (QED) is 0.379. The van der Waals surface area contributed by atoms with Gasteiger partial charge in [-0.05, 0) is 46.6 Å². The Labute approximate surface area is 167 Å². The van der Waals surface area contributed by atoms with Crippen LogP contribution in [0.5, 0.6) is 0 Å². The molecule has 0 saturated heterocycles. The van der Waals surface area contributed by atoms with Crippen LogP contribution in [0.2, 0.25) is 5.79 Å². The Morgan fingerprint density at radius 2 is 1.56 bits per heavy atom. The van der Waals surface area contributed by atoms with Gasteiger partial charge in [-0.2, -0.15) is 0 Å². The molecule has 0 bridgehead atoms. The monoisotopic (exact) mass is 370 g/mol. The topological polar surface area (TPSA) is 24.4 Å². The second-order valence-corrected chi connectivity index (χ2v) is 9.82. The minimum atomic E-state index is -1.11. The van der Waals surface area contributed by atoms with Crippen molar-refractivity contribution in [3.8, 4) is 0 Å². The standard InChI is InChI=1S/C17H18N.C6H6N.CH3.Al/c1-13(2)15-8-10-17(11-9-15)18-12-16-7-5-4-6-14(16)3;7-6-4-2-1-3-5-6;;/h4-13H,3H2,1-2H3;1-5,7H;1H3;/q;-1;;+1. The molecule has 0 saturated carbocycles. The van der Waals surface area contributed by atoms with Gasteiger partial charge in [-0.15, -0.1) is 0 Å². The summed E-state index contributed by atoms with van der Waals surface area (Å²) < 4.78 is 3.70. The van der Waals surface area contributed by atoms with Crippen molar-refractivity contribution in [2.75, 3.05) is 4.30 Å². The van der Waals surface area contributed by atoms with Crippen molar-refractivity contribution >= 4 is 32.0 Å². The Morgan fingerprint density at radius 1 is 0.889 bits per heavy atom. The largest absolute Gasteiger partial charge is 0.476 e. The van der Waals surface area contributed by atoms with E-state index in [4.69, 9.17) is 4.99 Å². The van der Waals surface area contributed by atoms with Crippen LogP contribution in [0.4, 0.5) is 11.4 Å². The Balaban J connectivity index is 1.69. The minimum absolute atomic E-state index is 0.548. The van der Waals surface area contributed by atoms with E-state index in [0.717, 1.165) is 11.0 Å². The average Bonchev–Trinajstić information content (AvgIpc) is 2.68. The maximum atomic E-state index is 4.70. The summed E-state index contributed by atoms with van der Waals surface area (Å²) in [4.78, 5) is 4.70. The summed E-state index contributed by atoms with van der Waals surface area (Å²) in [5.41, 5.74) is 6.14. The third-order valence-electron chi connectivity index (χ3n) is 4.68. The molecule has 3 aromatic carbocycles. The number of para-hydroxylation sites is 1. The highest BCUT2D eigenvalue weighted by Crippen LogP contribution is 2.19. The van der Waals surface area contributed by atoms with Gasteiger partial charge in [0, 0.05) is 11.9 Å². The minimum Gasteiger partial charge on any atom is -0.476 e. The van der Waals surface area contributed by atoms with Crippen LogP contribution in [0, 0.1) is 0 Å². The first-order valence-electron chi connectivity index (χ1n) is 9.65. The van der Waals surface area contributed by atoms with Crippen LogP contribution in [0.3, 0.4) is 0 Å². The number of hydrogen-bond donors (Lipinski definition) is 1. The lowest BCUT2D eigenvalue weighted by Crippen LogP contribution is -2.24. The lowest BCUT2D eigenvalue weighted by Gasteiger charge is -2.12. The third kappa shape index (κ3) is 5.82. The maximum Gasteiger partial charge on any atom is 0.412 e. The molecule has 0 aromatic heterocycles. The fourth-order valence-electron chi connectivity index (χ4n) is 3.14. The molecule has 1 N–H and O–H groups in total. The van der Waals surface area contributed by atoms with Gasteiger partial charge in [0.25, 0.3) is 0 Å². The van der Waals surface area contributed by atoms with Gasteiger partial charge in [-0.25, -0.2) is 0 Å². The first-order chi connectivity index (χ1) is 13.1. The molecule has 0 heterocycles. The number of nitrogens with one attached hydrogen (secondary N) is 1. The molecule has 136 valence electrons. The van der Waals surface area contributed by atoms with Gasteiger partial charge in [0.05, 0.1) is 5.69 Å². The first-order valence-corrected chi connectivity index (χ1v) is 12.2. The van der Waals surface area contributed by atoms with Crippen molar-refractivity contribution in [1.82, 2.24) is 0 Å². The molecule has 27 heavy (non-hydrogen) atoms. The predicted octanol–water partition coefficient (Wildman–Crippen LogP) is 6.38. The SMILES string of the molecule is CC(C)c1ccc(N=Cc2ccccc2[CH2][Al]([CH3])[NH]c2ccccc2)cc1. The van der Waals surface area contributed by atoms with Crippen LogP contribution < -0.4 is 4.30 Å². The molecule has 0 aliphatic heterocycles. The summed E-state index contributed by atoms with van der Waals surface area (Å²) in [6.07, 6.45) is 2.00. The van der Waals surface area contributed by atoms with Crippen LogP contribution in [0.25, 0.3) is 0 Å². The first kappa shape index (κ1) is 19.4. The van der Waals surface area contributed by atoms with E-state index in [1.165, 1.54) is 22.4 Å². The van der Waals surface area contributed by atoms with Crippen LogP contribution in [0.15, 0.2) is 83.9 Å². The van der Waals surface area contributed by atoms with E-state index in [0.29, 0.717) is 5.92 Å². The van der Waals surface area contributed by atoms with Crippen molar-refractivity contribution in [2.24, 2.45) is 4.99 Å². The smallest absolute Gasteiger partial charge is 0.412 e. The van der Waals surface area contributed by atoms with Crippen LogP contribution in [-0.2, 0) is 5.28 Å². The molecule has 0 aliphatic rings. The average molecular weight is 370 g/mol. The highest BCUT2D eigenvalue weighted by Gasteiger charge is 2.14. The molecule has 0 atom stereocenters. The fraction of sp³-hybridized carbons (Fsp3) is 0.208. The second kappa shape index (κ2) is 9.56. The van der Waals surface area contributed by atoms with E-state index in [1.807, 2.05) is 6.21 Å². The molecule has 0 radical (unpaired) electrons. The van der Waals surface area contributed by atoms with Gasteiger partial charge < -0.3 is 4.30 Å². The van der Waals surface area contributed by atoms with E-state index in [2.05, 4.69) is 103 Å². The molecule has 3 rings (SSSR count). The molecule has 3 aromatic rings. The van der Waals surface area contributed by atoms with Gasteiger partial charge >= 0.3 is 14.4 Å².